The van der Waals surface area contributed by atoms with Crippen molar-refractivity contribution < 1.29 is 4.79 Å². The highest BCUT2D eigenvalue weighted by atomic mass is 79.9. The maximum Gasteiger partial charge on any atom is 0.275 e. The molecule has 0 saturated heterocycles. The van der Waals surface area contributed by atoms with E-state index in [1.807, 2.05) is 0 Å². The van der Waals surface area contributed by atoms with Gasteiger partial charge in [0.15, 0.2) is 0 Å². The molecule has 94 valence electrons. The second-order valence-electron chi connectivity index (χ2n) is 3.39. The van der Waals surface area contributed by atoms with E-state index >= 15 is 0 Å². The smallest absolute Gasteiger partial charge is 0.275 e. The topological polar surface area (TPSA) is 68.0 Å². The van der Waals surface area contributed by atoms with E-state index in [2.05, 4.69) is 26.2 Å². The number of rotatable bonds is 3. The number of nitrogens with zero attached hydrogens (tertiary/aromatic N) is 1. The third kappa shape index (κ3) is 2.89. The van der Waals surface area contributed by atoms with Crippen LogP contribution in [0.4, 0.5) is 5.69 Å². The van der Waals surface area contributed by atoms with Gasteiger partial charge in [0, 0.05) is 11.9 Å². The van der Waals surface area contributed by atoms with E-state index in [1.165, 1.54) is 11.3 Å². The average molecular weight is 347 g/mol. The number of hydrogen-bond acceptors (Lipinski definition) is 4. The van der Waals surface area contributed by atoms with Crippen molar-refractivity contribution in [3.05, 3.63) is 43.8 Å². The molecule has 1 aromatic carbocycles. The van der Waals surface area contributed by atoms with Crippen LogP contribution in [-0.4, -0.2) is 10.9 Å². The van der Waals surface area contributed by atoms with Gasteiger partial charge in [0.25, 0.3) is 5.91 Å². The van der Waals surface area contributed by atoms with Gasteiger partial charge in [-0.25, -0.2) is 4.98 Å². The van der Waals surface area contributed by atoms with Gasteiger partial charge in [0.05, 0.1) is 15.2 Å². The van der Waals surface area contributed by atoms with Gasteiger partial charge in [-0.3, -0.25) is 4.79 Å². The number of carbonyl (C=O) groups is 1. The Morgan fingerprint density at radius 3 is 3.00 bits per heavy atom. The van der Waals surface area contributed by atoms with Gasteiger partial charge in [0.2, 0.25) is 0 Å². The number of halogens is 2. The maximum atomic E-state index is 11.9. The fourth-order valence-corrected chi connectivity index (χ4v) is 2.49. The third-order valence-corrected chi connectivity index (χ3v) is 4.43. The fourth-order valence-electron chi connectivity index (χ4n) is 1.30. The van der Waals surface area contributed by atoms with Crippen LogP contribution in [0.3, 0.4) is 0 Å². The molecule has 0 aliphatic heterocycles. The molecule has 1 amide bonds. The molecule has 1 aromatic heterocycles. The lowest BCUT2D eigenvalue weighted by Gasteiger charge is -2.06. The van der Waals surface area contributed by atoms with Gasteiger partial charge in [-0.2, -0.15) is 0 Å². The Labute approximate surface area is 121 Å². The Hall–Kier alpha value is -0.950. The summed E-state index contributed by atoms with van der Waals surface area (Å²) < 4.78 is 0.647. The molecule has 7 heteroatoms. The lowest BCUT2D eigenvalue weighted by atomic mass is 10.3. The van der Waals surface area contributed by atoms with E-state index in [1.54, 1.807) is 23.6 Å². The molecule has 0 unspecified atom stereocenters. The van der Waals surface area contributed by atoms with Crippen molar-refractivity contribution in [2.45, 2.75) is 6.54 Å². The predicted octanol–water partition coefficient (Wildman–Crippen LogP) is 3.27. The average Bonchev–Trinajstić information content (AvgIpc) is 2.83. The standard InChI is InChI=1S/C11H9BrClN3OS/c12-10-6(13)2-1-3-7(10)16-11(17)8-5-18-9(4-14)15-8/h1-3,5H,4,14H2,(H,16,17). The number of benzene rings is 1. The minimum atomic E-state index is -0.283. The second-order valence-corrected chi connectivity index (χ2v) is 5.53. The number of carbonyl (C=O) groups excluding carboxylic acids is 1. The van der Waals surface area contributed by atoms with Crippen molar-refractivity contribution >= 4 is 50.5 Å². The highest BCUT2D eigenvalue weighted by molar-refractivity contribution is 9.10. The molecule has 0 saturated carbocycles. The SMILES string of the molecule is NCc1nc(C(=O)Nc2cccc(Cl)c2Br)cs1. The molecular formula is C11H9BrClN3OS. The Kier molecular flexibility index (Phi) is 4.34. The van der Waals surface area contributed by atoms with Crippen LogP contribution < -0.4 is 11.1 Å². The first-order valence-corrected chi connectivity index (χ1v) is 7.06. The molecule has 0 fully saturated rings. The van der Waals surface area contributed by atoms with E-state index in [9.17, 15) is 4.79 Å². The summed E-state index contributed by atoms with van der Waals surface area (Å²) in [7, 11) is 0. The number of thiazole rings is 1. The van der Waals surface area contributed by atoms with Gasteiger partial charge in [0.1, 0.15) is 10.7 Å². The minimum Gasteiger partial charge on any atom is -0.325 e. The van der Waals surface area contributed by atoms with Crippen LogP contribution in [0.1, 0.15) is 15.5 Å². The molecule has 1 heterocycles. The molecule has 0 aliphatic rings. The number of aromatic nitrogens is 1. The molecule has 0 atom stereocenters. The van der Waals surface area contributed by atoms with Crippen LogP contribution in [-0.2, 0) is 6.54 Å². The molecular weight excluding hydrogens is 338 g/mol. The predicted molar refractivity (Wildman–Crippen MR) is 77.1 cm³/mol. The molecule has 4 nitrogen and oxygen atoms in total. The summed E-state index contributed by atoms with van der Waals surface area (Å²) in [5.74, 6) is -0.283. The van der Waals surface area contributed by atoms with Crippen molar-refractivity contribution in [3.63, 3.8) is 0 Å². The zero-order valence-corrected chi connectivity index (χ0v) is 12.3. The third-order valence-electron chi connectivity index (χ3n) is 2.16. The molecule has 2 aromatic rings. The van der Waals surface area contributed by atoms with Gasteiger partial charge in [-0.15, -0.1) is 11.3 Å². The van der Waals surface area contributed by atoms with Crippen LogP contribution in [0.2, 0.25) is 5.02 Å². The lowest BCUT2D eigenvalue weighted by molar-refractivity contribution is 0.102. The zero-order valence-electron chi connectivity index (χ0n) is 9.11. The van der Waals surface area contributed by atoms with E-state index in [4.69, 9.17) is 17.3 Å². The molecule has 0 aliphatic carbocycles. The maximum absolute atomic E-state index is 11.9. The van der Waals surface area contributed by atoms with Crippen LogP contribution in [0.15, 0.2) is 28.1 Å². The van der Waals surface area contributed by atoms with E-state index in [0.717, 1.165) is 5.01 Å². The number of anilines is 1. The van der Waals surface area contributed by atoms with E-state index in [0.29, 0.717) is 27.4 Å². The number of nitrogens with one attached hydrogen (secondary N) is 1. The van der Waals surface area contributed by atoms with Crippen LogP contribution in [0.25, 0.3) is 0 Å². The van der Waals surface area contributed by atoms with Crippen molar-refractivity contribution in [3.8, 4) is 0 Å². The number of amides is 1. The fraction of sp³-hybridized carbons (Fsp3) is 0.0909. The summed E-state index contributed by atoms with van der Waals surface area (Å²) in [5, 5.41) is 5.68. The highest BCUT2D eigenvalue weighted by Crippen LogP contribution is 2.30. The summed E-state index contributed by atoms with van der Waals surface area (Å²) in [4.78, 5) is 16.0. The molecule has 0 radical (unpaired) electrons. The van der Waals surface area contributed by atoms with Crippen LogP contribution in [0.5, 0.6) is 0 Å². The Balaban J connectivity index is 2.18. The normalized spacial score (nSPS) is 10.4. The van der Waals surface area contributed by atoms with Gasteiger partial charge in [-0.05, 0) is 28.1 Å². The first-order valence-electron chi connectivity index (χ1n) is 5.01. The van der Waals surface area contributed by atoms with Crippen molar-refractivity contribution in [2.24, 2.45) is 5.73 Å². The van der Waals surface area contributed by atoms with Gasteiger partial charge in [-0.1, -0.05) is 17.7 Å². The van der Waals surface area contributed by atoms with E-state index < -0.39 is 0 Å². The molecule has 3 N–H and O–H groups in total. The Morgan fingerprint density at radius 2 is 2.33 bits per heavy atom. The number of nitrogens with two attached hydrogens (primary N) is 1. The van der Waals surface area contributed by atoms with Crippen molar-refractivity contribution in [1.29, 1.82) is 0 Å². The molecule has 2 rings (SSSR count). The molecule has 0 bridgehead atoms. The van der Waals surface area contributed by atoms with Crippen LogP contribution in [0, 0.1) is 0 Å². The molecule has 18 heavy (non-hydrogen) atoms. The molecule has 0 spiro atoms. The second kappa shape index (κ2) is 5.79. The summed E-state index contributed by atoms with van der Waals surface area (Å²) in [6.45, 7) is 0.332. The first kappa shape index (κ1) is 13.5. The van der Waals surface area contributed by atoms with Crippen molar-refractivity contribution in [2.75, 3.05) is 5.32 Å². The summed E-state index contributed by atoms with van der Waals surface area (Å²) in [6, 6.07) is 5.25. The first-order chi connectivity index (χ1) is 8.61. The van der Waals surface area contributed by atoms with Gasteiger partial charge < -0.3 is 11.1 Å². The van der Waals surface area contributed by atoms with Gasteiger partial charge >= 0.3 is 0 Å². The Morgan fingerprint density at radius 1 is 1.56 bits per heavy atom. The Bertz CT molecular complexity index is 587. The number of hydrogen-bond donors (Lipinski definition) is 2. The minimum absolute atomic E-state index is 0.283. The monoisotopic (exact) mass is 345 g/mol. The summed E-state index contributed by atoms with van der Waals surface area (Å²) in [5.41, 5.74) is 6.41. The van der Waals surface area contributed by atoms with E-state index in [-0.39, 0.29) is 5.91 Å². The zero-order chi connectivity index (χ0) is 13.1. The van der Waals surface area contributed by atoms with Crippen LogP contribution >= 0.6 is 38.9 Å². The highest BCUT2D eigenvalue weighted by Gasteiger charge is 2.12. The van der Waals surface area contributed by atoms with Crippen molar-refractivity contribution in [1.82, 2.24) is 4.98 Å². The summed E-state index contributed by atoms with van der Waals surface area (Å²) in [6.07, 6.45) is 0. The lowest BCUT2D eigenvalue weighted by Crippen LogP contribution is -2.13. The quantitative estimate of drug-likeness (QED) is 0.896. The largest absolute Gasteiger partial charge is 0.325 e. The summed E-state index contributed by atoms with van der Waals surface area (Å²) >= 11 is 10.6.